The molecule has 0 radical (unpaired) electrons. The van der Waals surface area contributed by atoms with E-state index in [1.165, 1.54) is 128 Å². The topological polar surface area (TPSA) is 0 Å². The van der Waals surface area contributed by atoms with Gasteiger partial charge in [0.05, 0.1) is 0 Å². The van der Waals surface area contributed by atoms with Crippen molar-refractivity contribution in [3.8, 4) is 0 Å². The van der Waals surface area contributed by atoms with Gasteiger partial charge in [-0.2, -0.15) is 0 Å². The van der Waals surface area contributed by atoms with E-state index in [1.807, 2.05) is 207 Å². The molecule has 0 nitrogen and oxygen atoms in total. The third-order valence-electron chi connectivity index (χ3n) is 14.1. The predicted molar refractivity (Wildman–Crippen MR) is 460 cm³/mol. The zero-order valence-corrected chi connectivity index (χ0v) is 68.9. The summed E-state index contributed by atoms with van der Waals surface area (Å²) in [6.07, 6.45) is 10.8. The SMILES string of the molecule is CC.CC.CC.CC.CC.CC.CC.CC.CC.CC.CC.Cc1cccc2c1CCCC2.Cc1cccc2c1CCCC2.Cc1cccc2ccccc12.Cc1cccc2ccccc12.Cc1cccc2ccccc12.Cc1ccccc1.Cc1ccccc1.Cc1ccccc1. The highest BCUT2D eigenvalue weighted by atomic mass is 14.2. The lowest BCUT2D eigenvalue weighted by atomic mass is 9.89. The maximum absolute atomic E-state index is 2.28. The summed E-state index contributed by atoms with van der Waals surface area (Å²) in [5.74, 6) is 0. The molecule has 11 aromatic carbocycles. The average molecular weight is 1330 g/mol. The Balaban J connectivity index is -0.000000238. The summed E-state index contributed by atoms with van der Waals surface area (Å²) >= 11 is 0. The van der Waals surface area contributed by atoms with Crippen LogP contribution >= 0.6 is 0 Å². The monoisotopic (exact) mass is 1330 g/mol. The molecular weight excluding hydrogens is 1180 g/mol. The van der Waals surface area contributed by atoms with E-state index in [0.29, 0.717) is 0 Å². The van der Waals surface area contributed by atoms with E-state index in [2.05, 4.69) is 256 Å². The quantitative estimate of drug-likeness (QED) is 0.142. The average Bonchev–Trinajstić information content (AvgIpc) is 0.911. The Hall–Kier alpha value is -7.80. The second-order valence-corrected chi connectivity index (χ2v) is 20.2. The van der Waals surface area contributed by atoms with Crippen LogP contribution in [0.2, 0.25) is 0 Å². The Morgan fingerprint density at radius 1 is 0.163 bits per heavy atom. The number of fused-ring (bicyclic) bond motifs is 5. The maximum Gasteiger partial charge on any atom is -0.0155 e. The highest BCUT2D eigenvalue weighted by Crippen LogP contribution is 2.25. The first-order valence-corrected chi connectivity index (χ1v) is 38.6. The fourth-order valence-corrected chi connectivity index (χ4v) is 9.71. The molecule has 0 atom stereocenters. The molecule has 0 aliphatic heterocycles. The smallest absolute Gasteiger partial charge is 0.0155 e. The minimum absolute atomic E-state index is 1.30. The molecule has 0 fully saturated rings. The molecule has 0 bridgehead atoms. The summed E-state index contributed by atoms with van der Waals surface area (Å²) < 4.78 is 0. The largest absolute Gasteiger partial charge is 0.0683 e. The Labute approximate surface area is 609 Å². The maximum atomic E-state index is 2.28. The van der Waals surface area contributed by atoms with Gasteiger partial charge in [-0.3, -0.25) is 0 Å². The summed E-state index contributed by atoms with van der Waals surface area (Å²) in [4.78, 5) is 0. The minimum atomic E-state index is 1.30. The van der Waals surface area contributed by atoms with Crippen molar-refractivity contribution in [2.45, 2.75) is 259 Å². The van der Waals surface area contributed by atoms with E-state index in [-0.39, 0.29) is 0 Å². The second-order valence-electron chi connectivity index (χ2n) is 20.2. The Morgan fingerprint density at radius 3 is 0.551 bits per heavy atom. The molecule has 0 aromatic heterocycles. The van der Waals surface area contributed by atoms with E-state index in [4.69, 9.17) is 0 Å². The highest BCUT2D eigenvalue weighted by Gasteiger charge is 2.10. The van der Waals surface area contributed by atoms with Gasteiger partial charge in [-0.15, -0.1) is 0 Å². The Morgan fingerprint density at radius 2 is 0.347 bits per heavy atom. The molecule has 540 valence electrons. The molecule has 11 aromatic rings. The number of hydrogen-bond acceptors (Lipinski definition) is 0. The second kappa shape index (κ2) is 75.0. The van der Waals surface area contributed by atoms with Crippen molar-refractivity contribution in [1.29, 1.82) is 0 Å². The van der Waals surface area contributed by atoms with Crippen molar-refractivity contribution in [1.82, 2.24) is 0 Å². The molecule has 0 heteroatoms. The highest BCUT2D eigenvalue weighted by molar-refractivity contribution is 5.86. The van der Waals surface area contributed by atoms with Gasteiger partial charge in [0.15, 0.2) is 0 Å². The summed E-state index contributed by atoms with van der Waals surface area (Å²) in [6.45, 7) is 61.1. The zero-order valence-electron chi connectivity index (χ0n) is 68.9. The molecule has 0 heterocycles. The summed E-state index contributed by atoms with van der Waals surface area (Å²) in [6, 6.07) is 88.6. The molecule has 2 aliphatic rings. The first kappa shape index (κ1) is 101. The van der Waals surface area contributed by atoms with Crippen LogP contribution in [0, 0.1) is 55.4 Å². The van der Waals surface area contributed by atoms with Crippen LogP contribution in [0.1, 0.15) is 245 Å². The minimum Gasteiger partial charge on any atom is -0.0683 e. The van der Waals surface area contributed by atoms with Crippen molar-refractivity contribution in [2.75, 3.05) is 0 Å². The van der Waals surface area contributed by atoms with Gasteiger partial charge in [-0.1, -0.05) is 424 Å². The third kappa shape index (κ3) is 45.7. The van der Waals surface area contributed by atoms with Gasteiger partial charge in [-0.25, -0.2) is 0 Å². The molecule has 0 N–H and O–H groups in total. The van der Waals surface area contributed by atoms with Gasteiger partial charge in [0, 0.05) is 0 Å². The van der Waals surface area contributed by atoms with Crippen LogP contribution in [0.25, 0.3) is 32.3 Å². The van der Waals surface area contributed by atoms with Crippen LogP contribution in [0.3, 0.4) is 0 Å². The van der Waals surface area contributed by atoms with Crippen LogP contribution < -0.4 is 0 Å². The number of benzene rings is 11. The van der Waals surface area contributed by atoms with E-state index in [9.17, 15) is 0 Å². The van der Waals surface area contributed by atoms with E-state index < -0.39 is 0 Å². The van der Waals surface area contributed by atoms with Crippen molar-refractivity contribution in [3.63, 3.8) is 0 Å². The van der Waals surface area contributed by atoms with Crippen LogP contribution in [0.15, 0.2) is 255 Å². The van der Waals surface area contributed by atoms with E-state index >= 15 is 0 Å². The fourth-order valence-electron chi connectivity index (χ4n) is 9.71. The standard InChI is InChI=1S/2C11H14.3C11H10.3C7H8.11C2H6/c5*1-9-5-4-7-10-6-2-3-8-11(9)10;3*1-7-5-3-2-4-6-7;11*1-2/h2*4-5,7H,2-3,6,8H2,1H3;3*2-8H,1H3;3*2-6H,1H3;11*1-2H3. The molecule has 0 saturated heterocycles. The van der Waals surface area contributed by atoms with Crippen molar-refractivity contribution >= 4 is 32.3 Å². The molecule has 0 saturated carbocycles. The van der Waals surface area contributed by atoms with Gasteiger partial charge in [0.25, 0.3) is 0 Å². The van der Waals surface area contributed by atoms with Gasteiger partial charge in [-0.05, 0) is 189 Å². The van der Waals surface area contributed by atoms with Crippen LogP contribution in [-0.2, 0) is 25.7 Å². The van der Waals surface area contributed by atoms with Crippen molar-refractivity contribution in [3.05, 3.63) is 322 Å². The Kier molecular flexibility index (Phi) is 77.5. The molecule has 0 unspecified atom stereocenters. The lowest BCUT2D eigenvalue weighted by molar-refractivity contribution is 0.682. The van der Waals surface area contributed by atoms with Gasteiger partial charge >= 0.3 is 0 Å². The van der Waals surface area contributed by atoms with Crippen molar-refractivity contribution < 1.29 is 0 Å². The number of hydrogen-bond donors (Lipinski definition) is 0. The van der Waals surface area contributed by atoms with E-state index in [1.54, 1.807) is 22.3 Å². The van der Waals surface area contributed by atoms with Gasteiger partial charge < -0.3 is 0 Å². The van der Waals surface area contributed by atoms with E-state index in [0.717, 1.165) is 0 Å². The molecule has 13 rings (SSSR count). The lowest BCUT2D eigenvalue weighted by Gasteiger charge is -2.17. The fraction of sp³-hybridized carbons (Fsp3) is 0.388. The molecule has 98 heavy (non-hydrogen) atoms. The normalized spacial score (nSPS) is 9.61. The molecule has 0 spiro atoms. The van der Waals surface area contributed by atoms with Gasteiger partial charge in [0.1, 0.15) is 0 Å². The van der Waals surface area contributed by atoms with Crippen LogP contribution in [-0.4, -0.2) is 0 Å². The summed E-state index contributed by atoms with van der Waals surface area (Å²) in [5, 5.41) is 8.05. The molecular formula is C98H148. The van der Waals surface area contributed by atoms with Crippen LogP contribution in [0.4, 0.5) is 0 Å². The first-order valence-electron chi connectivity index (χ1n) is 38.6. The third-order valence-corrected chi connectivity index (χ3v) is 14.1. The molecule has 0 amide bonds. The zero-order chi connectivity index (χ0) is 75.7. The Bertz CT molecular complexity index is 3040. The predicted octanol–water partition coefficient (Wildman–Crippen LogP) is 32.5. The number of aryl methyl sites for hydroxylation is 10. The van der Waals surface area contributed by atoms with Crippen LogP contribution in [0.5, 0.6) is 0 Å². The molecule has 2 aliphatic carbocycles. The first-order chi connectivity index (χ1) is 48.1. The summed E-state index contributed by atoms with van der Waals surface area (Å²) in [7, 11) is 0. The lowest BCUT2D eigenvalue weighted by Crippen LogP contribution is -2.03. The van der Waals surface area contributed by atoms with Crippen molar-refractivity contribution in [2.24, 2.45) is 0 Å². The summed E-state index contributed by atoms with van der Waals surface area (Å²) in [5.41, 5.74) is 17.4. The van der Waals surface area contributed by atoms with Gasteiger partial charge in [0.2, 0.25) is 0 Å². The number of rotatable bonds is 0.